The molecule has 11 heteroatoms. The molecule has 0 aromatic carbocycles. The van der Waals surface area contributed by atoms with E-state index in [0.29, 0.717) is 12.8 Å². The zero-order chi connectivity index (χ0) is 46.0. The van der Waals surface area contributed by atoms with E-state index >= 15 is 0 Å². The predicted molar refractivity (Wildman–Crippen MR) is 252 cm³/mol. The zero-order valence-corrected chi connectivity index (χ0v) is 39.6. The molecule has 6 atom stereocenters. The third kappa shape index (κ3) is 33.3. The third-order valence-corrected chi connectivity index (χ3v) is 11.5. The van der Waals surface area contributed by atoms with Crippen molar-refractivity contribution in [2.75, 3.05) is 13.2 Å². The summed E-state index contributed by atoms with van der Waals surface area (Å²) in [6.07, 6.45) is 42.0. The Balaban J connectivity index is 2.28. The molecule has 11 nitrogen and oxygen atoms in total. The highest BCUT2D eigenvalue weighted by atomic mass is 16.7. The van der Waals surface area contributed by atoms with Crippen molar-refractivity contribution in [2.45, 2.75) is 250 Å². The predicted octanol–water partition coefficient (Wildman–Crippen LogP) is 11.7. The molecule has 0 amide bonds. The number of aliphatic hydroxyl groups is 3. The molecule has 0 aromatic rings. The van der Waals surface area contributed by atoms with Crippen molar-refractivity contribution >= 4 is 17.9 Å². The van der Waals surface area contributed by atoms with Crippen molar-refractivity contribution < 1.29 is 53.8 Å². The highest BCUT2D eigenvalue weighted by molar-refractivity contribution is 5.73. The van der Waals surface area contributed by atoms with E-state index in [1.54, 1.807) is 0 Å². The third-order valence-electron chi connectivity index (χ3n) is 11.5. The minimum Gasteiger partial charge on any atom is -0.479 e. The SMILES string of the molecule is CC/C=C\C/C=C\C/C=C\C/C=C\CCC(=O)OCC(COC1OC(C(=O)O)C(O)C(O)C1O)OC(=O)CCCCCCCCCCCCCCCCCCCCCCCCCC. The number of carboxylic acid groups (broad SMARTS) is 1. The number of rotatable bonds is 42. The summed E-state index contributed by atoms with van der Waals surface area (Å²) < 4.78 is 21.7. The highest BCUT2D eigenvalue weighted by Crippen LogP contribution is 2.23. The van der Waals surface area contributed by atoms with Crippen LogP contribution in [0.1, 0.15) is 213 Å². The van der Waals surface area contributed by atoms with Gasteiger partial charge in [0.2, 0.25) is 0 Å². The molecule has 0 aliphatic carbocycles. The number of ether oxygens (including phenoxy) is 4. The van der Waals surface area contributed by atoms with E-state index in [-0.39, 0.29) is 19.4 Å². The highest BCUT2D eigenvalue weighted by Gasteiger charge is 2.47. The number of allylic oxidation sites excluding steroid dienone is 8. The van der Waals surface area contributed by atoms with E-state index in [1.165, 1.54) is 128 Å². The Bertz CT molecular complexity index is 1230. The molecule has 0 saturated carbocycles. The minimum atomic E-state index is -1.87. The average molecular weight is 891 g/mol. The molecular formula is C52H90O11. The fourth-order valence-corrected chi connectivity index (χ4v) is 7.54. The summed E-state index contributed by atoms with van der Waals surface area (Å²) in [6, 6.07) is 0. The maximum Gasteiger partial charge on any atom is 0.335 e. The molecule has 4 N–H and O–H groups in total. The first kappa shape index (κ1) is 58.2. The second kappa shape index (κ2) is 41.8. The first-order valence-corrected chi connectivity index (χ1v) is 25.2. The van der Waals surface area contributed by atoms with E-state index in [0.717, 1.165) is 44.9 Å². The molecule has 1 aliphatic heterocycles. The molecule has 1 rings (SSSR count). The van der Waals surface area contributed by atoms with Crippen LogP contribution >= 0.6 is 0 Å². The Kier molecular flexibility index (Phi) is 38.6. The van der Waals surface area contributed by atoms with E-state index in [2.05, 4.69) is 50.3 Å². The number of esters is 2. The molecule has 6 unspecified atom stereocenters. The van der Waals surface area contributed by atoms with Gasteiger partial charge in [-0.1, -0.05) is 210 Å². The molecule has 63 heavy (non-hydrogen) atoms. The van der Waals surface area contributed by atoms with Crippen molar-refractivity contribution in [1.82, 2.24) is 0 Å². The van der Waals surface area contributed by atoms with Crippen LogP contribution in [0.4, 0.5) is 0 Å². The van der Waals surface area contributed by atoms with Crippen LogP contribution in [0.25, 0.3) is 0 Å². The Hall–Kier alpha value is -2.83. The average Bonchev–Trinajstić information content (AvgIpc) is 3.27. The van der Waals surface area contributed by atoms with E-state index < -0.39 is 61.3 Å². The van der Waals surface area contributed by atoms with E-state index in [1.807, 2.05) is 12.2 Å². The van der Waals surface area contributed by atoms with Gasteiger partial charge in [-0.15, -0.1) is 0 Å². The molecule has 1 fully saturated rings. The molecule has 0 spiro atoms. The fourth-order valence-electron chi connectivity index (χ4n) is 7.54. The van der Waals surface area contributed by atoms with Crippen molar-refractivity contribution in [2.24, 2.45) is 0 Å². The first-order chi connectivity index (χ1) is 30.7. The fraction of sp³-hybridized carbons (Fsp3) is 0.788. The number of carboxylic acids is 1. The van der Waals surface area contributed by atoms with Gasteiger partial charge in [-0.3, -0.25) is 9.59 Å². The lowest BCUT2D eigenvalue weighted by atomic mass is 9.99. The summed E-state index contributed by atoms with van der Waals surface area (Å²) >= 11 is 0. The van der Waals surface area contributed by atoms with Crippen molar-refractivity contribution in [1.29, 1.82) is 0 Å². The minimum absolute atomic E-state index is 0.115. The van der Waals surface area contributed by atoms with Gasteiger partial charge in [0.15, 0.2) is 18.5 Å². The number of unbranched alkanes of at least 4 members (excludes halogenated alkanes) is 23. The van der Waals surface area contributed by atoms with Gasteiger partial charge in [-0.25, -0.2) is 4.79 Å². The number of aliphatic carboxylic acids is 1. The number of carbonyl (C=O) groups is 3. The van der Waals surface area contributed by atoms with Crippen molar-refractivity contribution in [3.8, 4) is 0 Å². The Morgan fingerprint density at radius 2 is 0.937 bits per heavy atom. The lowest BCUT2D eigenvalue weighted by molar-refractivity contribution is -0.298. The maximum absolute atomic E-state index is 12.8. The number of aliphatic hydroxyl groups excluding tert-OH is 3. The molecule has 0 radical (unpaired) electrons. The van der Waals surface area contributed by atoms with Crippen LogP contribution in [-0.4, -0.2) is 88.4 Å². The Morgan fingerprint density at radius 3 is 1.38 bits per heavy atom. The largest absolute Gasteiger partial charge is 0.479 e. The summed E-state index contributed by atoms with van der Waals surface area (Å²) in [4.78, 5) is 36.9. The zero-order valence-electron chi connectivity index (χ0n) is 39.6. The van der Waals surface area contributed by atoms with Crippen molar-refractivity contribution in [3.63, 3.8) is 0 Å². The van der Waals surface area contributed by atoms with Crippen LogP contribution in [0.5, 0.6) is 0 Å². The Morgan fingerprint density at radius 1 is 0.508 bits per heavy atom. The quantitative estimate of drug-likeness (QED) is 0.0261. The number of hydrogen-bond acceptors (Lipinski definition) is 10. The van der Waals surface area contributed by atoms with Gasteiger partial charge in [0.05, 0.1) is 6.61 Å². The second-order valence-corrected chi connectivity index (χ2v) is 17.3. The molecule has 0 bridgehead atoms. The lowest BCUT2D eigenvalue weighted by Crippen LogP contribution is -2.60. The van der Waals surface area contributed by atoms with Gasteiger partial charge >= 0.3 is 17.9 Å². The molecule has 1 saturated heterocycles. The summed E-state index contributed by atoms with van der Waals surface area (Å²) in [5.74, 6) is -2.54. The monoisotopic (exact) mass is 891 g/mol. The summed E-state index contributed by atoms with van der Waals surface area (Å²) in [5, 5.41) is 39.9. The maximum atomic E-state index is 12.8. The van der Waals surface area contributed by atoms with Crippen LogP contribution in [-0.2, 0) is 33.3 Å². The van der Waals surface area contributed by atoms with Crippen LogP contribution in [0.2, 0.25) is 0 Å². The topological polar surface area (TPSA) is 169 Å². The van der Waals surface area contributed by atoms with Crippen LogP contribution in [0.3, 0.4) is 0 Å². The molecular weight excluding hydrogens is 801 g/mol. The first-order valence-electron chi connectivity index (χ1n) is 25.2. The summed E-state index contributed by atoms with van der Waals surface area (Å²) in [6.45, 7) is 3.65. The molecule has 364 valence electrons. The van der Waals surface area contributed by atoms with Crippen LogP contribution in [0.15, 0.2) is 48.6 Å². The van der Waals surface area contributed by atoms with E-state index in [4.69, 9.17) is 18.9 Å². The normalized spacial score (nSPS) is 19.8. The van der Waals surface area contributed by atoms with Gasteiger partial charge in [0.25, 0.3) is 0 Å². The Labute approximate surface area is 382 Å². The van der Waals surface area contributed by atoms with Crippen LogP contribution < -0.4 is 0 Å². The lowest BCUT2D eigenvalue weighted by Gasteiger charge is -2.38. The van der Waals surface area contributed by atoms with Gasteiger partial charge < -0.3 is 39.4 Å². The smallest absolute Gasteiger partial charge is 0.335 e. The number of carbonyl (C=O) groups excluding carboxylic acids is 2. The van der Waals surface area contributed by atoms with Gasteiger partial charge in [-0.05, 0) is 38.5 Å². The van der Waals surface area contributed by atoms with Gasteiger partial charge in [-0.2, -0.15) is 0 Å². The van der Waals surface area contributed by atoms with Crippen LogP contribution in [0, 0.1) is 0 Å². The second-order valence-electron chi connectivity index (χ2n) is 17.3. The van der Waals surface area contributed by atoms with E-state index in [9.17, 15) is 34.8 Å². The summed E-state index contributed by atoms with van der Waals surface area (Å²) in [7, 11) is 0. The molecule has 0 aromatic heterocycles. The van der Waals surface area contributed by atoms with Crippen molar-refractivity contribution in [3.05, 3.63) is 48.6 Å². The molecule has 1 aliphatic rings. The summed E-state index contributed by atoms with van der Waals surface area (Å²) in [5.41, 5.74) is 0. The standard InChI is InChI=1S/C52H90O11/c1-3-5-7-9-11-13-15-17-18-19-20-21-22-23-24-25-26-27-29-31-33-35-37-39-41-46(54)62-44(43-61-52-49(57)47(55)48(56)50(63-52)51(58)59)42-60-45(53)40-38-36-34-32-30-28-16-14-12-10-8-6-4-2/h6,8,12,14,28,30,34,36,44,47-50,52,55-57H,3-5,7,9-11,13,15-27,29,31-33,35,37-43H2,1-2H3,(H,58,59)/b8-6-,14-12-,30-28-,36-34-. The van der Waals surface area contributed by atoms with Gasteiger partial charge in [0.1, 0.15) is 24.9 Å². The number of hydrogen-bond donors (Lipinski definition) is 4. The molecule has 1 heterocycles. The van der Waals surface area contributed by atoms with Gasteiger partial charge in [0, 0.05) is 12.8 Å².